The molecular weight excluding hydrogens is 314 g/mol. The summed E-state index contributed by atoms with van der Waals surface area (Å²) in [5.74, 6) is 0.643. The summed E-state index contributed by atoms with van der Waals surface area (Å²) in [6.07, 6.45) is 2.20. The van der Waals surface area contributed by atoms with Gasteiger partial charge >= 0.3 is 0 Å². The maximum Gasteiger partial charge on any atom is 0.240 e. The van der Waals surface area contributed by atoms with E-state index in [9.17, 15) is 13.2 Å². The Morgan fingerprint density at radius 3 is 2.48 bits per heavy atom. The topological polar surface area (TPSA) is 78.5 Å². The van der Waals surface area contributed by atoms with Gasteiger partial charge in [-0.1, -0.05) is 18.2 Å². The first-order valence-electron chi connectivity index (χ1n) is 8.00. The fourth-order valence-corrected chi connectivity index (χ4v) is 3.86. The molecule has 1 amide bonds. The number of nitrogens with zero attached hydrogens (tertiary/aromatic N) is 1. The summed E-state index contributed by atoms with van der Waals surface area (Å²) in [6.45, 7) is 2.64. The zero-order valence-corrected chi connectivity index (χ0v) is 14.3. The molecule has 2 N–H and O–H groups in total. The minimum absolute atomic E-state index is 0.0173. The molecule has 1 heterocycles. The van der Waals surface area contributed by atoms with Gasteiger partial charge in [0.1, 0.15) is 0 Å². The largest absolute Gasteiger partial charge is 0.343 e. The predicted molar refractivity (Wildman–Crippen MR) is 89.5 cm³/mol. The number of piperidine rings is 1. The Morgan fingerprint density at radius 2 is 1.87 bits per heavy atom. The molecule has 0 spiro atoms. The molecular formula is C16H25N3O3S. The third-order valence-corrected chi connectivity index (χ3v) is 5.62. The van der Waals surface area contributed by atoms with Gasteiger partial charge in [0.2, 0.25) is 15.9 Å². The fraction of sp³-hybridized carbons (Fsp3) is 0.562. The van der Waals surface area contributed by atoms with Crippen LogP contribution in [-0.2, 0) is 14.8 Å². The van der Waals surface area contributed by atoms with Gasteiger partial charge in [-0.05, 0) is 44.5 Å². The van der Waals surface area contributed by atoms with Crippen LogP contribution < -0.4 is 10.0 Å². The van der Waals surface area contributed by atoms with E-state index in [0.717, 1.165) is 32.5 Å². The van der Waals surface area contributed by atoms with E-state index in [4.69, 9.17) is 0 Å². The Balaban J connectivity index is 1.75. The van der Waals surface area contributed by atoms with Gasteiger partial charge < -0.3 is 10.2 Å². The summed E-state index contributed by atoms with van der Waals surface area (Å²) in [5.41, 5.74) is 0. The lowest BCUT2D eigenvalue weighted by molar-refractivity contribution is -0.132. The average molecular weight is 339 g/mol. The number of rotatable bonds is 7. The summed E-state index contributed by atoms with van der Waals surface area (Å²) >= 11 is 0. The smallest absolute Gasteiger partial charge is 0.240 e. The molecule has 0 atom stereocenters. The van der Waals surface area contributed by atoms with Crippen LogP contribution in [0.4, 0.5) is 0 Å². The minimum atomic E-state index is -3.53. The molecule has 0 bridgehead atoms. The maximum atomic E-state index is 12.2. The summed E-state index contributed by atoms with van der Waals surface area (Å²) in [7, 11) is -1.59. The number of likely N-dealkylation sites (tertiary alicyclic amines) is 1. The van der Waals surface area contributed by atoms with Crippen LogP contribution in [-0.4, -0.2) is 52.5 Å². The molecule has 0 aliphatic carbocycles. The molecule has 6 nitrogen and oxygen atoms in total. The van der Waals surface area contributed by atoms with Crippen LogP contribution in [0.5, 0.6) is 0 Å². The first kappa shape index (κ1) is 17.9. The van der Waals surface area contributed by atoms with E-state index >= 15 is 0 Å². The van der Waals surface area contributed by atoms with Gasteiger partial charge in [-0.2, -0.15) is 0 Å². The highest BCUT2D eigenvalue weighted by Gasteiger charge is 2.22. The highest BCUT2D eigenvalue weighted by Crippen LogP contribution is 2.17. The molecule has 7 heteroatoms. The van der Waals surface area contributed by atoms with Crippen molar-refractivity contribution in [1.29, 1.82) is 0 Å². The Bertz CT molecular complexity index is 596. The van der Waals surface area contributed by atoms with E-state index < -0.39 is 10.0 Å². The molecule has 1 aromatic rings. The summed E-state index contributed by atoms with van der Waals surface area (Å²) in [5, 5.41) is 3.17. The third-order valence-electron chi connectivity index (χ3n) is 4.14. The molecule has 128 valence electrons. The molecule has 1 aliphatic heterocycles. The summed E-state index contributed by atoms with van der Waals surface area (Å²) < 4.78 is 26.6. The van der Waals surface area contributed by atoms with E-state index in [1.54, 1.807) is 18.2 Å². The van der Waals surface area contributed by atoms with Gasteiger partial charge in [0.25, 0.3) is 0 Å². The molecule has 0 radical (unpaired) electrons. The first-order valence-corrected chi connectivity index (χ1v) is 9.48. The van der Waals surface area contributed by atoms with E-state index in [2.05, 4.69) is 10.0 Å². The van der Waals surface area contributed by atoms with Crippen molar-refractivity contribution >= 4 is 15.9 Å². The molecule has 1 saturated heterocycles. The van der Waals surface area contributed by atoms with Crippen molar-refractivity contribution in [3.05, 3.63) is 30.3 Å². The molecule has 0 aromatic heterocycles. The zero-order chi connectivity index (χ0) is 16.7. The van der Waals surface area contributed by atoms with Crippen LogP contribution in [0.25, 0.3) is 0 Å². The highest BCUT2D eigenvalue weighted by atomic mass is 32.2. The van der Waals surface area contributed by atoms with Crippen LogP contribution in [0.1, 0.15) is 19.3 Å². The van der Waals surface area contributed by atoms with E-state index in [1.807, 2.05) is 11.9 Å². The number of sulfonamides is 1. The van der Waals surface area contributed by atoms with Gasteiger partial charge in [0.15, 0.2) is 0 Å². The van der Waals surface area contributed by atoms with Gasteiger partial charge in [-0.3, -0.25) is 4.79 Å². The number of amides is 1. The first-order chi connectivity index (χ1) is 11.0. The molecule has 2 rings (SSSR count). The van der Waals surface area contributed by atoms with Crippen molar-refractivity contribution in [3.63, 3.8) is 0 Å². The number of benzene rings is 1. The Morgan fingerprint density at radius 1 is 1.22 bits per heavy atom. The van der Waals surface area contributed by atoms with Crippen molar-refractivity contribution in [3.8, 4) is 0 Å². The average Bonchev–Trinajstić information content (AvgIpc) is 2.56. The molecule has 1 aromatic carbocycles. The maximum absolute atomic E-state index is 12.2. The fourth-order valence-electron chi connectivity index (χ4n) is 2.81. The third kappa shape index (κ3) is 5.30. The van der Waals surface area contributed by atoms with Crippen LogP contribution in [0.3, 0.4) is 0 Å². The number of hydrogen-bond donors (Lipinski definition) is 2. The van der Waals surface area contributed by atoms with Crippen molar-refractivity contribution in [2.75, 3.05) is 33.2 Å². The van der Waals surface area contributed by atoms with Gasteiger partial charge in [0.05, 0.1) is 4.90 Å². The molecule has 23 heavy (non-hydrogen) atoms. The Kier molecular flexibility index (Phi) is 6.56. The van der Waals surface area contributed by atoms with E-state index in [0.29, 0.717) is 5.92 Å². The SMILES string of the molecule is CNCC1CCN(C(=O)CCNS(=O)(=O)c2ccccc2)CC1. The van der Waals surface area contributed by atoms with E-state index in [-0.39, 0.29) is 23.8 Å². The van der Waals surface area contributed by atoms with Crippen molar-refractivity contribution in [1.82, 2.24) is 14.9 Å². The quantitative estimate of drug-likeness (QED) is 0.771. The van der Waals surface area contributed by atoms with Crippen LogP contribution >= 0.6 is 0 Å². The predicted octanol–water partition coefficient (Wildman–Crippen LogP) is 0.813. The lowest BCUT2D eigenvalue weighted by Gasteiger charge is -2.32. The number of carbonyl (C=O) groups is 1. The van der Waals surface area contributed by atoms with Crippen LogP contribution in [0, 0.1) is 5.92 Å². The lowest BCUT2D eigenvalue weighted by Crippen LogP contribution is -2.41. The zero-order valence-electron chi connectivity index (χ0n) is 13.5. The Labute approximate surface area is 138 Å². The van der Waals surface area contributed by atoms with Crippen molar-refractivity contribution < 1.29 is 13.2 Å². The summed E-state index contributed by atoms with van der Waals surface area (Å²) in [6, 6.07) is 8.19. The normalized spacial score (nSPS) is 16.5. The minimum Gasteiger partial charge on any atom is -0.343 e. The molecule has 1 fully saturated rings. The second-order valence-electron chi connectivity index (χ2n) is 5.84. The van der Waals surface area contributed by atoms with Crippen LogP contribution in [0.2, 0.25) is 0 Å². The molecule has 0 saturated carbocycles. The molecule has 1 aliphatic rings. The van der Waals surface area contributed by atoms with Gasteiger partial charge in [-0.15, -0.1) is 0 Å². The van der Waals surface area contributed by atoms with Gasteiger partial charge in [-0.25, -0.2) is 13.1 Å². The van der Waals surface area contributed by atoms with Gasteiger partial charge in [0, 0.05) is 26.1 Å². The second-order valence-corrected chi connectivity index (χ2v) is 7.61. The van der Waals surface area contributed by atoms with Crippen molar-refractivity contribution in [2.45, 2.75) is 24.2 Å². The highest BCUT2D eigenvalue weighted by molar-refractivity contribution is 7.89. The molecule has 0 unspecified atom stereocenters. The standard InChI is InChI=1S/C16H25N3O3S/c1-17-13-14-8-11-19(12-9-14)16(20)7-10-18-23(21,22)15-5-3-2-4-6-15/h2-6,14,17-18H,7-13H2,1H3. The second kappa shape index (κ2) is 8.42. The number of hydrogen-bond acceptors (Lipinski definition) is 4. The monoisotopic (exact) mass is 339 g/mol. The van der Waals surface area contributed by atoms with Crippen LogP contribution in [0.15, 0.2) is 35.2 Å². The summed E-state index contributed by atoms with van der Waals surface area (Å²) in [4.78, 5) is 14.2. The van der Waals surface area contributed by atoms with Crippen molar-refractivity contribution in [2.24, 2.45) is 5.92 Å². The number of carbonyl (C=O) groups excluding carboxylic acids is 1. The van der Waals surface area contributed by atoms with E-state index in [1.165, 1.54) is 12.1 Å². The lowest BCUT2D eigenvalue weighted by atomic mass is 9.96. The Hall–Kier alpha value is -1.44. The number of nitrogens with one attached hydrogen (secondary N) is 2.